The fourth-order valence-electron chi connectivity index (χ4n) is 2.02. The molecule has 4 nitrogen and oxygen atoms in total. The third-order valence-electron chi connectivity index (χ3n) is 3.74. The van der Waals surface area contributed by atoms with Crippen molar-refractivity contribution in [3.05, 3.63) is 12.2 Å². The second kappa shape index (κ2) is 20.3. The van der Waals surface area contributed by atoms with Crippen molar-refractivity contribution in [1.82, 2.24) is 0 Å². The van der Waals surface area contributed by atoms with Crippen LogP contribution in [0, 0.1) is 11.8 Å². The molecule has 1 aliphatic rings. The lowest BCUT2D eigenvalue weighted by Crippen LogP contribution is -2.09. The summed E-state index contributed by atoms with van der Waals surface area (Å²) in [6.07, 6.45) is 10.9. The Balaban J connectivity index is 0. The number of rotatable bonds is 10. The number of allylic oxidation sites excluding steroid dienone is 2. The van der Waals surface area contributed by atoms with Gasteiger partial charge >= 0.3 is 0 Å². The fourth-order valence-corrected chi connectivity index (χ4v) is 2.99. The number of alkyl halides is 1. The summed E-state index contributed by atoms with van der Waals surface area (Å²) >= 11 is 23.9. The van der Waals surface area contributed by atoms with Crippen molar-refractivity contribution in [2.45, 2.75) is 64.7 Å². The molecule has 162 valence electrons. The van der Waals surface area contributed by atoms with Crippen molar-refractivity contribution < 1.29 is 19.2 Å². The third-order valence-corrected chi connectivity index (χ3v) is 5.36. The molecule has 0 heterocycles. The van der Waals surface area contributed by atoms with Crippen LogP contribution in [0.15, 0.2) is 12.2 Å². The first-order chi connectivity index (χ1) is 13.1. The van der Waals surface area contributed by atoms with Crippen LogP contribution in [0.4, 0.5) is 0 Å². The Labute approximate surface area is 195 Å². The highest BCUT2D eigenvalue weighted by Crippen LogP contribution is 2.19. The molecule has 0 amide bonds. The van der Waals surface area contributed by atoms with Gasteiger partial charge in [0.15, 0.2) is 0 Å². The van der Waals surface area contributed by atoms with Gasteiger partial charge in [0.1, 0.15) is 0 Å². The Hall–Kier alpha value is 0.0600. The number of carbonyl (C=O) groups is 4. The van der Waals surface area contributed by atoms with E-state index in [9.17, 15) is 19.2 Å². The molecule has 9 heteroatoms. The van der Waals surface area contributed by atoms with Crippen molar-refractivity contribution in [2.75, 3.05) is 5.33 Å². The van der Waals surface area contributed by atoms with E-state index in [0.29, 0.717) is 25.7 Å². The van der Waals surface area contributed by atoms with Gasteiger partial charge in [-0.05, 0) is 91.3 Å². The van der Waals surface area contributed by atoms with E-state index in [1.54, 1.807) is 6.92 Å². The van der Waals surface area contributed by atoms with Crippen LogP contribution >= 0.6 is 62.3 Å². The summed E-state index contributed by atoms with van der Waals surface area (Å²) in [4.78, 5) is 41.3. The first-order valence-electron chi connectivity index (χ1n) is 9.08. The molecule has 1 rings (SSSR count). The maximum absolute atomic E-state index is 10.5. The minimum atomic E-state index is -0.362. The van der Waals surface area contributed by atoms with Gasteiger partial charge in [-0.15, -0.1) is 0 Å². The van der Waals surface area contributed by atoms with Gasteiger partial charge in [-0.1, -0.05) is 35.0 Å². The molecule has 0 spiro atoms. The van der Waals surface area contributed by atoms with Gasteiger partial charge in [0.2, 0.25) is 21.0 Å². The number of hydrogen-bond acceptors (Lipinski definition) is 4. The molecule has 0 aromatic heterocycles. The number of carbonyl (C=O) groups excluding carboxylic acids is 4. The summed E-state index contributed by atoms with van der Waals surface area (Å²) in [6.45, 7) is 1.73. The summed E-state index contributed by atoms with van der Waals surface area (Å²) in [7, 11) is 0. The minimum absolute atomic E-state index is 0.0941. The zero-order valence-corrected chi connectivity index (χ0v) is 20.5. The van der Waals surface area contributed by atoms with Gasteiger partial charge in [-0.25, -0.2) is 0 Å². The summed E-state index contributed by atoms with van der Waals surface area (Å²) in [6, 6.07) is 0. The van der Waals surface area contributed by atoms with E-state index in [1.807, 2.05) is 6.08 Å². The van der Waals surface area contributed by atoms with Crippen LogP contribution in [-0.4, -0.2) is 26.3 Å². The SMILES string of the molecule is CC(CCCC(=O)Cl)C(=O)Cl.O=C(Cl)C1CC=CCC1.O=C(Cl)CCCCBr. The van der Waals surface area contributed by atoms with Gasteiger partial charge < -0.3 is 0 Å². The van der Waals surface area contributed by atoms with E-state index in [-0.39, 0.29) is 32.8 Å². The maximum atomic E-state index is 10.5. The maximum Gasteiger partial charge on any atom is 0.225 e. The Morgan fingerprint density at radius 2 is 1.54 bits per heavy atom. The van der Waals surface area contributed by atoms with Gasteiger partial charge in [-0.2, -0.15) is 0 Å². The molecule has 1 aliphatic carbocycles. The molecule has 0 saturated heterocycles. The average Bonchev–Trinajstić information content (AvgIpc) is 2.63. The van der Waals surface area contributed by atoms with Crippen molar-refractivity contribution in [3.8, 4) is 0 Å². The van der Waals surface area contributed by atoms with E-state index in [0.717, 1.165) is 37.4 Å². The molecule has 0 aromatic carbocycles. The largest absolute Gasteiger partial charge is 0.281 e. The van der Waals surface area contributed by atoms with Crippen LogP contribution in [0.3, 0.4) is 0 Å². The van der Waals surface area contributed by atoms with Crippen LogP contribution in [-0.2, 0) is 19.2 Å². The highest BCUT2D eigenvalue weighted by atomic mass is 79.9. The Bertz CT molecular complexity index is 512. The Morgan fingerprint density at radius 3 is 1.89 bits per heavy atom. The first kappa shape index (κ1) is 30.3. The minimum Gasteiger partial charge on any atom is -0.281 e. The van der Waals surface area contributed by atoms with E-state index >= 15 is 0 Å². The Kier molecular flexibility index (Phi) is 22.0. The van der Waals surface area contributed by atoms with E-state index < -0.39 is 0 Å². The lowest BCUT2D eigenvalue weighted by atomic mass is 9.96. The first-order valence-corrected chi connectivity index (χ1v) is 11.7. The van der Waals surface area contributed by atoms with Crippen molar-refractivity contribution in [1.29, 1.82) is 0 Å². The number of hydrogen-bond donors (Lipinski definition) is 0. The van der Waals surface area contributed by atoms with Crippen molar-refractivity contribution in [3.63, 3.8) is 0 Å². The van der Waals surface area contributed by atoms with E-state index in [4.69, 9.17) is 46.4 Å². The van der Waals surface area contributed by atoms with Gasteiger partial charge in [0.05, 0.1) is 0 Å². The monoisotopic (exact) mass is 538 g/mol. The van der Waals surface area contributed by atoms with Gasteiger partial charge in [-0.3, -0.25) is 19.2 Å². The lowest BCUT2D eigenvalue weighted by Gasteiger charge is -2.11. The molecule has 0 aromatic rings. The summed E-state index contributed by atoms with van der Waals surface area (Å²) in [5.41, 5.74) is 0. The van der Waals surface area contributed by atoms with Crippen LogP contribution in [0.1, 0.15) is 64.7 Å². The average molecular weight is 541 g/mol. The fraction of sp³-hybridized carbons (Fsp3) is 0.684. The molecule has 0 radical (unpaired) electrons. The van der Waals surface area contributed by atoms with Gasteiger partial charge in [0.25, 0.3) is 0 Å². The van der Waals surface area contributed by atoms with Crippen LogP contribution < -0.4 is 0 Å². The quantitative estimate of drug-likeness (QED) is 0.133. The molecular formula is C19H27BrCl4O4. The summed E-state index contributed by atoms with van der Waals surface area (Å²) < 4.78 is 0. The zero-order chi connectivity index (χ0) is 21.9. The lowest BCUT2D eigenvalue weighted by molar-refractivity contribution is -0.116. The second-order valence-electron chi connectivity index (χ2n) is 6.24. The number of halogens is 5. The highest BCUT2D eigenvalue weighted by Gasteiger charge is 2.15. The van der Waals surface area contributed by atoms with E-state index in [1.165, 1.54) is 0 Å². The molecule has 2 unspecified atom stereocenters. The molecular weight excluding hydrogens is 514 g/mol. The molecule has 0 N–H and O–H groups in total. The molecule has 0 aliphatic heterocycles. The van der Waals surface area contributed by atoms with Crippen LogP contribution in [0.5, 0.6) is 0 Å². The van der Waals surface area contributed by atoms with Crippen molar-refractivity contribution >= 4 is 83.3 Å². The van der Waals surface area contributed by atoms with Gasteiger partial charge in [0, 0.05) is 30.0 Å². The molecule has 0 bridgehead atoms. The molecule has 0 saturated carbocycles. The second-order valence-corrected chi connectivity index (χ2v) is 8.62. The Morgan fingerprint density at radius 1 is 0.964 bits per heavy atom. The third kappa shape index (κ3) is 22.4. The van der Waals surface area contributed by atoms with Crippen LogP contribution in [0.2, 0.25) is 0 Å². The zero-order valence-electron chi connectivity index (χ0n) is 15.9. The smallest absolute Gasteiger partial charge is 0.225 e. The predicted molar refractivity (Wildman–Crippen MR) is 121 cm³/mol. The van der Waals surface area contributed by atoms with Crippen LogP contribution in [0.25, 0.3) is 0 Å². The van der Waals surface area contributed by atoms with E-state index in [2.05, 4.69) is 22.0 Å². The standard InChI is InChI=1S/C7H10Cl2O2.C7H9ClO.C5H8BrClO/c1-5(7(9)11)3-2-4-6(8)10;8-7(9)6-4-2-1-3-5-6;6-4-2-1-3-5(7)8/h5H,2-4H2,1H3;1-2,6H,3-5H2;1-4H2. The number of unbranched alkanes of at least 4 members (excludes halogenated alkanes) is 1. The highest BCUT2D eigenvalue weighted by molar-refractivity contribution is 9.09. The normalized spacial score (nSPS) is 16.0. The molecule has 2 atom stereocenters. The predicted octanol–water partition coefficient (Wildman–Crippen LogP) is 6.75. The van der Waals surface area contributed by atoms with Crippen molar-refractivity contribution in [2.24, 2.45) is 11.8 Å². The molecule has 28 heavy (non-hydrogen) atoms. The topological polar surface area (TPSA) is 68.3 Å². The molecule has 0 fully saturated rings. The summed E-state index contributed by atoms with van der Waals surface area (Å²) in [5.74, 6) is -0.0793. The summed E-state index contributed by atoms with van der Waals surface area (Å²) in [5, 5.41) is -0.173.